The molecule has 76 valence electrons. The molecule has 0 bridgehead atoms. The van der Waals surface area contributed by atoms with Crippen LogP contribution in [-0.2, 0) is 0 Å². The highest BCUT2D eigenvalue weighted by Crippen LogP contribution is 2.17. The number of carboxylic acids is 1. The number of rotatable bonds is 1. The number of aromatic amines is 1. The number of carbonyl (C=O) groups is 1. The topological polar surface area (TPSA) is 114 Å². The van der Waals surface area contributed by atoms with Gasteiger partial charge < -0.3 is 10.1 Å². The molecule has 2 rings (SSSR count). The summed E-state index contributed by atoms with van der Waals surface area (Å²) in [6, 6.07) is 6.51. The van der Waals surface area contributed by atoms with Crippen LogP contribution in [0.3, 0.4) is 0 Å². The van der Waals surface area contributed by atoms with Gasteiger partial charge in [0.2, 0.25) is 5.82 Å². The number of hydrogen-bond acceptors (Lipinski definition) is 4. The second kappa shape index (κ2) is 3.37. The molecule has 0 aliphatic carbocycles. The number of H-pyrrole nitrogens is 1. The van der Waals surface area contributed by atoms with E-state index >= 15 is 0 Å². The van der Waals surface area contributed by atoms with E-state index in [1.54, 1.807) is 0 Å². The Morgan fingerprint density at radius 2 is 1.94 bits per heavy atom. The van der Waals surface area contributed by atoms with Crippen molar-refractivity contribution in [2.24, 2.45) is 0 Å². The lowest BCUT2D eigenvalue weighted by molar-refractivity contribution is 0.0685. The maximum atomic E-state index is 10.7. The maximum Gasteiger partial charge on any atom is 0.371 e. The molecule has 0 atom stereocenters. The Morgan fingerprint density at radius 1 is 1.31 bits per heavy atom. The fourth-order valence-electron chi connectivity index (χ4n) is 1.34. The van der Waals surface area contributed by atoms with Crippen LogP contribution in [0.5, 0.6) is 0 Å². The summed E-state index contributed by atoms with van der Waals surface area (Å²) in [6.45, 7) is 0. The van der Waals surface area contributed by atoms with E-state index in [1.807, 2.05) is 12.1 Å². The van der Waals surface area contributed by atoms with Gasteiger partial charge in [0.1, 0.15) is 12.1 Å². The molecule has 1 aromatic carbocycles. The van der Waals surface area contributed by atoms with Gasteiger partial charge in [-0.05, 0) is 12.1 Å². The van der Waals surface area contributed by atoms with E-state index in [0.717, 1.165) is 0 Å². The van der Waals surface area contributed by atoms with E-state index in [0.29, 0.717) is 11.0 Å². The Bertz CT molecular complexity index is 621. The van der Waals surface area contributed by atoms with E-state index in [-0.39, 0.29) is 17.0 Å². The minimum atomic E-state index is -1.19. The average Bonchev–Trinajstić information content (AvgIpc) is 2.69. The van der Waals surface area contributed by atoms with Crippen molar-refractivity contribution in [2.45, 2.75) is 0 Å². The lowest BCUT2D eigenvalue weighted by Crippen LogP contribution is -1.97. The van der Waals surface area contributed by atoms with Crippen LogP contribution in [0.25, 0.3) is 11.0 Å². The molecule has 0 amide bonds. The van der Waals surface area contributed by atoms with Crippen molar-refractivity contribution in [2.75, 3.05) is 0 Å². The van der Waals surface area contributed by atoms with Gasteiger partial charge in [-0.1, -0.05) is 0 Å². The van der Waals surface area contributed by atoms with Crippen molar-refractivity contribution in [1.29, 1.82) is 10.5 Å². The number of nitrogens with zero attached hydrogens (tertiary/aromatic N) is 3. The minimum Gasteiger partial charge on any atom is -0.475 e. The monoisotopic (exact) mass is 212 g/mol. The summed E-state index contributed by atoms with van der Waals surface area (Å²) >= 11 is 0. The number of carboxylic acid groups (broad SMARTS) is 1. The fraction of sp³-hybridized carbons (Fsp3) is 0. The van der Waals surface area contributed by atoms with Gasteiger partial charge >= 0.3 is 5.97 Å². The highest BCUT2D eigenvalue weighted by Gasteiger charge is 2.12. The minimum absolute atomic E-state index is 0.179. The molecular formula is C10H4N4O2. The van der Waals surface area contributed by atoms with Crippen LogP contribution in [0.1, 0.15) is 21.7 Å². The molecule has 0 unspecified atom stereocenters. The molecule has 0 spiro atoms. The molecule has 0 fully saturated rings. The molecule has 16 heavy (non-hydrogen) atoms. The quantitative estimate of drug-likeness (QED) is 0.731. The van der Waals surface area contributed by atoms with Crippen molar-refractivity contribution in [3.8, 4) is 12.1 Å². The van der Waals surface area contributed by atoms with Crippen LogP contribution in [0.15, 0.2) is 12.1 Å². The first-order valence-corrected chi connectivity index (χ1v) is 4.23. The summed E-state index contributed by atoms with van der Waals surface area (Å²) in [5.41, 5.74) is 1.15. The van der Waals surface area contributed by atoms with E-state index in [2.05, 4.69) is 9.97 Å². The number of aromatic carboxylic acids is 1. The Hall–Kier alpha value is -2.86. The molecule has 0 saturated heterocycles. The van der Waals surface area contributed by atoms with Crippen molar-refractivity contribution in [3.63, 3.8) is 0 Å². The molecule has 1 aromatic heterocycles. The van der Waals surface area contributed by atoms with Gasteiger partial charge in [-0.25, -0.2) is 9.78 Å². The Morgan fingerprint density at radius 3 is 2.50 bits per heavy atom. The van der Waals surface area contributed by atoms with Gasteiger partial charge in [0.05, 0.1) is 22.2 Å². The molecule has 0 aliphatic rings. The van der Waals surface area contributed by atoms with Gasteiger partial charge in [0.15, 0.2) is 0 Å². The van der Waals surface area contributed by atoms with Crippen LogP contribution in [-0.4, -0.2) is 21.0 Å². The molecule has 0 saturated carbocycles. The molecular weight excluding hydrogens is 208 g/mol. The van der Waals surface area contributed by atoms with Crippen molar-refractivity contribution in [3.05, 3.63) is 29.1 Å². The lowest BCUT2D eigenvalue weighted by Gasteiger charge is -1.92. The molecule has 1 heterocycles. The first-order valence-electron chi connectivity index (χ1n) is 4.23. The van der Waals surface area contributed by atoms with E-state index in [4.69, 9.17) is 15.6 Å². The number of fused-ring (bicyclic) bond motifs is 1. The van der Waals surface area contributed by atoms with E-state index < -0.39 is 5.97 Å². The van der Waals surface area contributed by atoms with Crippen LogP contribution in [0, 0.1) is 22.7 Å². The molecule has 6 heteroatoms. The van der Waals surface area contributed by atoms with E-state index in [9.17, 15) is 4.79 Å². The standard InChI is InChI=1S/C10H4N4O2/c11-3-5-1-7-8(2-6(5)4-12)14-9(13-7)10(15)16/h1-2H,(H,13,14)(H,15,16). The lowest BCUT2D eigenvalue weighted by atomic mass is 10.1. The second-order valence-electron chi connectivity index (χ2n) is 3.03. The number of aromatic nitrogens is 2. The third-order valence-corrected chi connectivity index (χ3v) is 2.06. The maximum absolute atomic E-state index is 10.7. The Balaban J connectivity index is 2.76. The molecule has 0 radical (unpaired) electrons. The van der Waals surface area contributed by atoms with Crippen LogP contribution in [0.4, 0.5) is 0 Å². The highest BCUT2D eigenvalue weighted by molar-refractivity contribution is 5.89. The number of hydrogen-bond donors (Lipinski definition) is 2. The van der Waals surface area contributed by atoms with Gasteiger partial charge in [0, 0.05) is 0 Å². The predicted octanol–water partition coefficient (Wildman–Crippen LogP) is 1.00. The largest absolute Gasteiger partial charge is 0.475 e. The smallest absolute Gasteiger partial charge is 0.371 e. The third kappa shape index (κ3) is 1.35. The number of nitrogens with one attached hydrogen (secondary N) is 1. The molecule has 6 nitrogen and oxygen atoms in total. The number of nitriles is 2. The van der Waals surface area contributed by atoms with Gasteiger partial charge in [-0.3, -0.25) is 0 Å². The number of imidazole rings is 1. The molecule has 0 aliphatic heterocycles. The first-order chi connectivity index (χ1) is 7.65. The highest BCUT2D eigenvalue weighted by atomic mass is 16.4. The van der Waals surface area contributed by atoms with Crippen LogP contribution >= 0.6 is 0 Å². The first kappa shape index (κ1) is 9.69. The zero-order valence-electron chi connectivity index (χ0n) is 7.85. The zero-order chi connectivity index (χ0) is 11.7. The Kier molecular flexibility index (Phi) is 2.04. The van der Waals surface area contributed by atoms with Crippen LogP contribution in [0.2, 0.25) is 0 Å². The van der Waals surface area contributed by atoms with Crippen molar-refractivity contribution >= 4 is 17.0 Å². The van der Waals surface area contributed by atoms with Crippen molar-refractivity contribution in [1.82, 2.24) is 9.97 Å². The van der Waals surface area contributed by atoms with Gasteiger partial charge in [0.25, 0.3) is 0 Å². The molecule has 2 aromatic rings. The fourth-order valence-corrected chi connectivity index (χ4v) is 1.34. The van der Waals surface area contributed by atoms with Gasteiger partial charge in [-0.15, -0.1) is 0 Å². The summed E-state index contributed by atoms with van der Waals surface area (Å²) in [7, 11) is 0. The van der Waals surface area contributed by atoms with E-state index in [1.165, 1.54) is 12.1 Å². The molecule has 2 N–H and O–H groups in total. The summed E-state index contributed by atoms with van der Waals surface area (Å²) in [4.78, 5) is 17.0. The summed E-state index contributed by atoms with van der Waals surface area (Å²) in [6.07, 6.45) is 0. The normalized spacial score (nSPS) is 9.62. The summed E-state index contributed by atoms with van der Waals surface area (Å²) in [5, 5.41) is 26.3. The van der Waals surface area contributed by atoms with Gasteiger partial charge in [-0.2, -0.15) is 10.5 Å². The summed E-state index contributed by atoms with van der Waals surface area (Å²) in [5.74, 6) is -1.40. The van der Waals surface area contributed by atoms with Crippen LogP contribution < -0.4 is 0 Å². The summed E-state index contributed by atoms with van der Waals surface area (Å²) < 4.78 is 0. The third-order valence-electron chi connectivity index (χ3n) is 2.06. The van der Waals surface area contributed by atoms with Crippen molar-refractivity contribution < 1.29 is 9.90 Å². The predicted molar refractivity (Wildman–Crippen MR) is 52.5 cm³/mol. The average molecular weight is 212 g/mol. The SMILES string of the molecule is N#Cc1cc2nc(C(=O)O)[nH]c2cc1C#N. The second-order valence-corrected chi connectivity index (χ2v) is 3.03. The number of benzene rings is 1. The zero-order valence-corrected chi connectivity index (χ0v) is 7.85. The Labute approximate surface area is 89.4 Å².